The number of aliphatic carboxylic acids is 1. The first-order valence-electron chi connectivity index (χ1n) is 7.25. The number of carboxylic acid groups (broad SMARTS) is 1. The van der Waals surface area contributed by atoms with Gasteiger partial charge in [-0.15, -0.1) is 0 Å². The second-order valence-corrected chi connectivity index (χ2v) is 7.96. The van der Waals surface area contributed by atoms with Crippen molar-refractivity contribution in [1.29, 1.82) is 0 Å². The lowest BCUT2D eigenvalue weighted by Gasteiger charge is -2.23. The molecule has 1 heterocycles. The predicted octanol–water partition coefficient (Wildman–Crippen LogP) is 1.45. The summed E-state index contributed by atoms with van der Waals surface area (Å²) in [6.07, 6.45) is 0.658. The lowest BCUT2D eigenvalue weighted by atomic mass is 10.2. The summed E-state index contributed by atoms with van der Waals surface area (Å²) in [4.78, 5) is 24.5. The number of carboxylic acids is 1. The number of amides is 1. The summed E-state index contributed by atoms with van der Waals surface area (Å²) >= 11 is 0. The molecule has 6 nitrogen and oxygen atoms in total. The van der Waals surface area contributed by atoms with Gasteiger partial charge in [-0.05, 0) is 44.0 Å². The molecule has 1 aromatic rings. The molecule has 0 aliphatic carbocycles. The van der Waals surface area contributed by atoms with E-state index in [1.54, 1.807) is 0 Å². The lowest BCUT2D eigenvalue weighted by molar-refractivity contribution is -0.148. The van der Waals surface area contributed by atoms with E-state index in [0.29, 0.717) is 19.4 Å². The minimum atomic E-state index is -3.78. The molecule has 0 radical (unpaired) electrons. The Labute approximate surface area is 133 Å². The lowest BCUT2D eigenvalue weighted by Crippen LogP contribution is -2.42. The Bertz CT molecular complexity index is 701. The van der Waals surface area contributed by atoms with Gasteiger partial charge < -0.3 is 10.0 Å². The van der Waals surface area contributed by atoms with Crippen molar-refractivity contribution in [3.05, 3.63) is 30.1 Å². The monoisotopic (exact) mass is 343 g/mol. The van der Waals surface area contributed by atoms with Crippen molar-refractivity contribution in [3.8, 4) is 0 Å². The zero-order valence-corrected chi connectivity index (χ0v) is 13.4. The number of carbonyl (C=O) groups is 2. The molecule has 2 atom stereocenters. The van der Waals surface area contributed by atoms with E-state index in [-0.39, 0.29) is 11.3 Å². The number of hydrogen-bond acceptors (Lipinski definition) is 4. The number of halogens is 1. The maximum absolute atomic E-state index is 12.9. The van der Waals surface area contributed by atoms with E-state index in [0.717, 1.165) is 24.3 Å². The van der Waals surface area contributed by atoms with Crippen LogP contribution in [-0.2, 0) is 19.4 Å². The number of carbonyl (C=O) groups excluding carboxylic acids is 1. The largest absolute Gasteiger partial charge is 0.480 e. The van der Waals surface area contributed by atoms with E-state index in [4.69, 9.17) is 5.11 Å². The molecule has 0 saturated carbocycles. The molecular formula is C15H18FNO5S. The maximum atomic E-state index is 12.9. The fourth-order valence-corrected chi connectivity index (χ4v) is 3.99. The van der Waals surface area contributed by atoms with Crippen LogP contribution in [0.25, 0.3) is 0 Å². The van der Waals surface area contributed by atoms with Crippen LogP contribution in [0.5, 0.6) is 0 Å². The molecule has 2 rings (SSSR count). The SMILES string of the molecule is C[C@H](CC(=O)N1CCC[C@H]1C(=O)O)S(=O)(=O)c1ccc(F)cc1. The summed E-state index contributed by atoms with van der Waals surface area (Å²) in [5.41, 5.74) is 0. The summed E-state index contributed by atoms with van der Waals surface area (Å²) in [7, 11) is -3.78. The van der Waals surface area contributed by atoms with Gasteiger partial charge in [0.2, 0.25) is 5.91 Å². The van der Waals surface area contributed by atoms with E-state index in [2.05, 4.69) is 0 Å². The molecule has 0 unspecified atom stereocenters. The molecule has 1 aliphatic rings. The molecule has 0 spiro atoms. The van der Waals surface area contributed by atoms with E-state index < -0.39 is 38.8 Å². The van der Waals surface area contributed by atoms with Crippen molar-refractivity contribution in [2.24, 2.45) is 0 Å². The molecule has 8 heteroatoms. The number of sulfone groups is 1. The number of hydrogen-bond donors (Lipinski definition) is 1. The van der Waals surface area contributed by atoms with Crippen LogP contribution in [0.1, 0.15) is 26.2 Å². The van der Waals surface area contributed by atoms with Gasteiger partial charge in [-0.1, -0.05) is 0 Å². The van der Waals surface area contributed by atoms with Crippen LogP contribution in [0.3, 0.4) is 0 Å². The number of likely N-dealkylation sites (tertiary alicyclic amines) is 1. The van der Waals surface area contributed by atoms with E-state index in [1.807, 2.05) is 0 Å². The van der Waals surface area contributed by atoms with Crippen molar-refractivity contribution in [2.75, 3.05) is 6.54 Å². The molecule has 1 N–H and O–H groups in total. The maximum Gasteiger partial charge on any atom is 0.326 e. The number of rotatable bonds is 5. The smallest absolute Gasteiger partial charge is 0.326 e. The Morgan fingerprint density at radius 3 is 2.52 bits per heavy atom. The van der Waals surface area contributed by atoms with Gasteiger partial charge in [0.25, 0.3) is 0 Å². The molecule has 0 aromatic heterocycles. The van der Waals surface area contributed by atoms with Crippen molar-refractivity contribution in [1.82, 2.24) is 4.90 Å². The highest BCUT2D eigenvalue weighted by Crippen LogP contribution is 2.23. The minimum Gasteiger partial charge on any atom is -0.480 e. The zero-order valence-electron chi connectivity index (χ0n) is 12.6. The topological polar surface area (TPSA) is 91.8 Å². The quantitative estimate of drug-likeness (QED) is 0.817. The van der Waals surface area contributed by atoms with Crippen LogP contribution in [0.4, 0.5) is 4.39 Å². The highest BCUT2D eigenvalue weighted by atomic mass is 32.2. The van der Waals surface area contributed by atoms with Gasteiger partial charge in [-0.3, -0.25) is 4.79 Å². The van der Waals surface area contributed by atoms with Crippen molar-refractivity contribution < 1.29 is 27.5 Å². The average Bonchev–Trinajstić information content (AvgIpc) is 2.97. The summed E-state index contributed by atoms with van der Waals surface area (Å²) in [5, 5.41) is 8.06. The first kappa shape index (κ1) is 17.4. The Morgan fingerprint density at radius 1 is 1.35 bits per heavy atom. The van der Waals surface area contributed by atoms with Gasteiger partial charge in [0.15, 0.2) is 9.84 Å². The zero-order chi connectivity index (χ0) is 17.2. The van der Waals surface area contributed by atoms with Crippen LogP contribution in [0.2, 0.25) is 0 Å². The van der Waals surface area contributed by atoms with E-state index in [9.17, 15) is 22.4 Å². The van der Waals surface area contributed by atoms with Crippen molar-refractivity contribution >= 4 is 21.7 Å². The summed E-state index contributed by atoms with van der Waals surface area (Å²) in [6, 6.07) is 3.51. The van der Waals surface area contributed by atoms with Gasteiger partial charge in [-0.2, -0.15) is 0 Å². The fourth-order valence-electron chi connectivity index (χ4n) is 2.65. The highest BCUT2D eigenvalue weighted by Gasteiger charge is 2.36. The summed E-state index contributed by atoms with van der Waals surface area (Å²) in [5.74, 6) is -2.12. The van der Waals surface area contributed by atoms with Gasteiger partial charge in [0, 0.05) is 13.0 Å². The third-order valence-electron chi connectivity index (χ3n) is 3.99. The molecule has 1 saturated heterocycles. The third kappa shape index (κ3) is 3.69. The van der Waals surface area contributed by atoms with Crippen molar-refractivity contribution in [3.63, 3.8) is 0 Å². The third-order valence-corrected chi connectivity index (χ3v) is 6.15. The van der Waals surface area contributed by atoms with Crippen LogP contribution in [0.15, 0.2) is 29.2 Å². The first-order valence-corrected chi connectivity index (χ1v) is 8.80. The van der Waals surface area contributed by atoms with Crippen LogP contribution in [0, 0.1) is 5.82 Å². The second-order valence-electron chi connectivity index (χ2n) is 5.60. The Balaban J connectivity index is 2.11. The predicted molar refractivity (Wildman–Crippen MR) is 80.0 cm³/mol. The van der Waals surface area contributed by atoms with Gasteiger partial charge in [-0.25, -0.2) is 17.6 Å². The Hall–Kier alpha value is -1.96. The molecule has 23 heavy (non-hydrogen) atoms. The molecule has 1 amide bonds. The minimum absolute atomic E-state index is 0.0598. The Kier molecular flexibility index (Phi) is 5.03. The first-order chi connectivity index (χ1) is 10.7. The standard InChI is InChI=1S/C15H18FNO5S/c1-10(23(21,22)12-6-4-11(16)5-7-12)9-14(18)17-8-2-3-13(17)15(19)20/h4-7,10,13H,2-3,8-9H2,1H3,(H,19,20)/t10-,13+/m1/s1. The second kappa shape index (κ2) is 6.66. The average molecular weight is 343 g/mol. The van der Waals surface area contributed by atoms with E-state index >= 15 is 0 Å². The number of benzene rings is 1. The van der Waals surface area contributed by atoms with Gasteiger partial charge >= 0.3 is 5.97 Å². The molecule has 1 fully saturated rings. The molecule has 0 bridgehead atoms. The molecule has 1 aliphatic heterocycles. The summed E-state index contributed by atoms with van der Waals surface area (Å²) in [6.45, 7) is 1.71. The molecular weight excluding hydrogens is 325 g/mol. The van der Waals surface area contributed by atoms with Crippen LogP contribution < -0.4 is 0 Å². The molecule has 1 aromatic carbocycles. The molecule has 126 valence electrons. The summed E-state index contributed by atoms with van der Waals surface area (Å²) < 4.78 is 37.7. The van der Waals surface area contributed by atoms with Crippen LogP contribution in [-0.4, -0.2) is 48.1 Å². The number of nitrogens with zero attached hydrogens (tertiary/aromatic N) is 1. The fraction of sp³-hybridized carbons (Fsp3) is 0.467. The van der Waals surface area contributed by atoms with Gasteiger partial charge in [0.05, 0.1) is 10.1 Å². The van der Waals surface area contributed by atoms with Crippen LogP contribution >= 0.6 is 0 Å². The van der Waals surface area contributed by atoms with Crippen molar-refractivity contribution in [2.45, 2.75) is 42.4 Å². The Morgan fingerprint density at radius 2 is 1.96 bits per heavy atom. The normalized spacial score (nSPS) is 19.6. The van der Waals surface area contributed by atoms with Gasteiger partial charge in [0.1, 0.15) is 11.9 Å². The highest BCUT2D eigenvalue weighted by molar-refractivity contribution is 7.92. The van der Waals surface area contributed by atoms with E-state index in [1.165, 1.54) is 11.8 Å².